The van der Waals surface area contributed by atoms with Crippen LogP contribution < -0.4 is 15.5 Å². The number of nitrogens with one attached hydrogen (secondary N) is 2. The molecule has 0 saturated carbocycles. The highest BCUT2D eigenvalue weighted by Gasteiger charge is 2.05. The Morgan fingerprint density at radius 1 is 1.03 bits per heavy atom. The lowest BCUT2D eigenvalue weighted by Crippen LogP contribution is -2.18. The summed E-state index contributed by atoms with van der Waals surface area (Å²) in [6.45, 7) is 1.83. The van der Waals surface area contributed by atoms with E-state index in [2.05, 4.69) is 15.8 Å². The fourth-order valence-electron chi connectivity index (χ4n) is 2.61. The summed E-state index contributed by atoms with van der Waals surface area (Å²) in [5.74, 6) is 0.136. The summed E-state index contributed by atoms with van der Waals surface area (Å²) in [4.78, 5) is 23.3. The van der Waals surface area contributed by atoms with Crippen LogP contribution in [0, 0.1) is 0 Å². The summed E-state index contributed by atoms with van der Waals surface area (Å²) in [7, 11) is 0. The topological polar surface area (TPSA) is 79.8 Å². The van der Waals surface area contributed by atoms with Crippen molar-refractivity contribution < 1.29 is 14.3 Å². The van der Waals surface area contributed by atoms with Crippen LogP contribution in [0.3, 0.4) is 0 Å². The zero-order valence-corrected chi connectivity index (χ0v) is 17.0. The Bertz CT molecular complexity index is 1070. The van der Waals surface area contributed by atoms with Gasteiger partial charge < -0.3 is 10.1 Å². The average Bonchev–Trinajstić information content (AvgIpc) is 2.73. The van der Waals surface area contributed by atoms with Crippen molar-refractivity contribution in [2.24, 2.45) is 5.10 Å². The van der Waals surface area contributed by atoms with E-state index in [9.17, 15) is 9.59 Å². The minimum atomic E-state index is -0.375. The fraction of sp³-hybridized carbons (Fsp3) is 0.0870. The SMILES string of the molecule is CC(=O)Nc1cccc(C(=O)N/N=C\c2ccc(OCc3cccc(Cl)c3)cc2)c1. The molecule has 0 saturated heterocycles. The van der Waals surface area contributed by atoms with Crippen LogP contribution in [-0.2, 0) is 11.4 Å². The minimum absolute atomic E-state index is 0.203. The molecule has 0 unspecified atom stereocenters. The quantitative estimate of drug-likeness (QED) is 0.430. The van der Waals surface area contributed by atoms with Crippen molar-refractivity contribution in [2.75, 3.05) is 5.32 Å². The predicted octanol–water partition coefficient (Wildman–Crippen LogP) is 4.64. The molecule has 0 aliphatic rings. The van der Waals surface area contributed by atoms with E-state index in [1.807, 2.05) is 48.5 Å². The second-order valence-electron chi connectivity index (χ2n) is 6.45. The molecule has 30 heavy (non-hydrogen) atoms. The Kier molecular flexibility index (Phi) is 7.19. The first kappa shape index (κ1) is 21.1. The summed E-state index contributed by atoms with van der Waals surface area (Å²) >= 11 is 5.97. The van der Waals surface area contributed by atoms with Gasteiger partial charge in [-0.05, 0) is 65.7 Å². The molecule has 0 fully saturated rings. The molecule has 0 aliphatic heterocycles. The lowest BCUT2D eigenvalue weighted by atomic mass is 10.2. The number of carbonyl (C=O) groups is 2. The van der Waals surface area contributed by atoms with Gasteiger partial charge in [0.1, 0.15) is 12.4 Å². The number of hydrazone groups is 1. The van der Waals surface area contributed by atoms with Crippen molar-refractivity contribution >= 4 is 35.3 Å². The highest BCUT2D eigenvalue weighted by molar-refractivity contribution is 6.30. The van der Waals surface area contributed by atoms with Crippen LogP contribution in [0.1, 0.15) is 28.4 Å². The van der Waals surface area contributed by atoms with Crippen LogP contribution in [0.2, 0.25) is 5.02 Å². The van der Waals surface area contributed by atoms with Crippen LogP contribution >= 0.6 is 11.6 Å². The molecule has 6 nitrogen and oxygen atoms in total. The molecule has 0 aliphatic carbocycles. The van der Waals surface area contributed by atoms with E-state index in [-0.39, 0.29) is 11.8 Å². The number of hydrogen-bond acceptors (Lipinski definition) is 4. The van der Waals surface area contributed by atoms with Gasteiger partial charge in [0.25, 0.3) is 5.91 Å². The molecule has 2 N–H and O–H groups in total. The average molecular weight is 422 g/mol. The Balaban J connectivity index is 1.52. The summed E-state index contributed by atoms with van der Waals surface area (Å²) in [6, 6.07) is 21.4. The Labute approximate surface area is 179 Å². The van der Waals surface area contributed by atoms with Gasteiger partial charge in [-0.25, -0.2) is 5.43 Å². The Morgan fingerprint density at radius 2 is 1.80 bits per heavy atom. The van der Waals surface area contributed by atoms with Crippen molar-refractivity contribution in [2.45, 2.75) is 13.5 Å². The molecule has 0 heterocycles. The zero-order valence-electron chi connectivity index (χ0n) is 16.3. The number of nitrogens with zero attached hydrogens (tertiary/aromatic N) is 1. The van der Waals surface area contributed by atoms with Crippen molar-refractivity contribution in [3.8, 4) is 5.75 Å². The number of carbonyl (C=O) groups excluding carboxylic acids is 2. The maximum Gasteiger partial charge on any atom is 0.271 e. The second-order valence-corrected chi connectivity index (χ2v) is 6.89. The van der Waals surface area contributed by atoms with Gasteiger partial charge in [0, 0.05) is 23.2 Å². The van der Waals surface area contributed by atoms with Gasteiger partial charge in [0.15, 0.2) is 0 Å². The van der Waals surface area contributed by atoms with Crippen molar-refractivity contribution in [3.05, 3.63) is 94.5 Å². The van der Waals surface area contributed by atoms with Gasteiger partial charge in [-0.1, -0.05) is 29.8 Å². The summed E-state index contributed by atoms with van der Waals surface area (Å²) in [5, 5.41) is 7.28. The van der Waals surface area contributed by atoms with Crippen LogP contribution in [0.15, 0.2) is 77.9 Å². The first-order valence-electron chi connectivity index (χ1n) is 9.18. The maximum atomic E-state index is 12.2. The van der Waals surface area contributed by atoms with E-state index in [0.29, 0.717) is 28.6 Å². The van der Waals surface area contributed by atoms with E-state index in [4.69, 9.17) is 16.3 Å². The van der Waals surface area contributed by atoms with Gasteiger partial charge >= 0.3 is 0 Å². The lowest BCUT2D eigenvalue weighted by Gasteiger charge is -2.07. The Hall–Kier alpha value is -3.64. The number of benzene rings is 3. The molecule has 0 aromatic heterocycles. The van der Waals surface area contributed by atoms with E-state index >= 15 is 0 Å². The van der Waals surface area contributed by atoms with Gasteiger partial charge in [-0.15, -0.1) is 0 Å². The number of ether oxygens (including phenoxy) is 1. The van der Waals surface area contributed by atoms with Crippen LogP contribution in [0.5, 0.6) is 5.75 Å². The van der Waals surface area contributed by atoms with Crippen molar-refractivity contribution in [1.82, 2.24) is 5.43 Å². The third-order valence-electron chi connectivity index (χ3n) is 4.00. The molecule has 3 rings (SSSR count). The lowest BCUT2D eigenvalue weighted by molar-refractivity contribution is -0.114. The molecule has 0 radical (unpaired) electrons. The van der Waals surface area contributed by atoms with E-state index in [1.54, 1.807) is 24.3 Å². The molecule has 0 bridgehead atoms. The van der Waals surface area contributed by atoms with Gasteiger partial charge in [-0.3, -0.25) is 9.59 Å². The maximum absolute atomic E-state index is 12.2. The monoisotopic (exact) mass is 421 g/mol. The minimum Gasteiger partial charge on any atom is -0.489 e. The smallest absolute Gasteiger partial charge is 0.271 e. The number of rotatable bonds is 7. The predicted molar refractivity (Wildman–Crippen MR) is 118 cm³/mol. The number of amides is 2. The molecular formula is C23H20ClN3O3. The first-order chi connectivity index (χ1) is 14.5. The zero-order chi connectivity index (χ0) is 21.3. The van der Waals surface area contributed by atoms with Crippen LogP contribution in [-0.4, -0.2) is 18.0 Å². The van der Waals surface area contributed by atoms with E-state index in [0.717, 1.165) is 11.1 Å². The molecule has 0 spiro atoms. The fourth-order valence-corrected chi connectivity index (χ4v) is 2.83. The summed E-state index contributed by atoms with van der Waals surface area (Å²) in [6.07, 6.45) is 1.54. The van der Waals surface area contributed by atoms with Crippen LogP contribution in [0.25, 0.3) is 0 Å². The molecule has 3 aromatic rings. The van der Waals surface area contributed by atoms with Gasteiger partial charge in [0.2, 0.25) is 5.91 Å². The second kappa shape index (κ2) is 10.2. The highest BCUT2D eigenvalue weighted by Crippen LogP contribution is 2.16. The van der Waals surface area contributed by atoms with Crippen LogP contribution in [0.4, 0.5) is 5.69 Å². The highest BCUT2D eigenvalue weighted by atomic mass is 35.5. The largest absolute Gasteiger partial charge is 0.489 e. The standard InChI is InChI=1S/C23H20ClN3O3/c1-16(28)26-21-7-3-5-19(13-21)23(29)27-25-14-17-8-10-22(11-9-17)30-15-18-4-2-6-20(24)12-18/h2-14H,15H2,1H3,(H,26,28)(H,27,29)/b25-14-. The molecule has 7 heteroatoms. The Morgan fingerprint density at radius 3 is 2.53 bits per heavy atom. The van der Waals surface area contributed by atoms with Crippen molar-refractivity contribution in [3.63, 3.8) is 0 Å². The van der Waals surface area contributed by atoms with Crippen molar-refractivity contribution in [1.29, 1.82) is 0 Å². The normalized spacial score (nSPS) is 10.6. The summed E-state index contributed by atoms with van der Waals surface area (Å²) in [5.41, 5.74) is 5.20. The molecule has 2 amide bonds. The number of hydrogen-bond donors (Lipinski definition) is 2. The third-order valence-corrected chi connectivity index (χ3v) is 4.23. The van der Waals surface area contributed by atoms with Gasteiger partial charge in [0.05, 0.1) is 6.21 Å². The molecule has 152 valence electrons. The number of anilines is 1. The molecular weight excluding hydrogens is 402 g/mol. The molecule has 0 atom stereocenters. The van der Waals surface area contributed by atoms with E-state index in [1.165, 1.54) is 13.1 Å². The van der Waals surface area contributed by atoms with Gasteiger partial charge in [-0.2, -0.15) is 5.10 Å². The third kappa shape index (κ3) is 6.46. The first-order valence-corrected chi connectivity index (χ1v) is 9.56. The summed E-state index contributed by atoms with van der Waals surface area (Å²) < 4.78 is 5.74. The van der Waals surface area contributed by atoms with E-state index < -0.39 is 0 Å². The number of halogens is 1. The molecule has 3 aromatic carbocycles.